The Balaban J connectivity index is 2.41. The monoisotopic (exact) mass is 235 g/mol. The maximum absolute atomic E-state index is 11.4. The smallest absolute Gasteiger partial charge is 0.327 e. The van der Waals surface area contributed by atoms with Crippen LogP contribution in [0.15, 0.2) is 10.9 Å². The number of nitrogens with zero attached hydrogens (tertiary/aromatic N) is 3. The van der Waals surface area contributed by atoms with Crippen LogP contribution in [0.5, 0.6) is 0 Å². The Morgan fingerprint density at radius 1 is 1.53 bits per heavy atom. The molecule has 6 heteroatoms. The molecule has 17 heavy (non-hydrogen) atoms. The van der Waals surface area contributed by atoms with Gasteiger partial charge in [0.1, 0.15) is 5.82 Å². The van der Waals surface area contributed by atoms with Gasteiger partial charge in [0.15, 0.2) is 5.65 Å². The summed E-state index contributed by atoms with van der Waals surface area (Å²) in [5.41, 5.74) is 7.21. The number of fused-ring (bicyclic) bond motifs is 1. The molecular formula is C11H17N5O. The number of aromatic nitrogens is 4. The summed E-state index contributed by atoms with van der Waals surface area (Å²) in [5.74, 6) is 1.03. The third kappa shape index (κ3) is 2.21. The van der Waals surface area contributed by atoms with Crippen LogP contribution in [0, 0.1) is 12.8 Å². The quantitative estimate of drug-likeness (QED) is 0.798. The highest BCUT2D eigenvalue weighted by Gasteiger charge is 2.12. The van der Waals surface area contributed by atoms with Crippen molar-refractivity contribution in [3.05, 3.63) is 28.1 Å². The topological polar surface area (TPSA) is 89.1 Å². The van der Waals surface area contributed by atoms with Crippen LogP contribution in [0.2, 0.25) is 0 Å². The minimum absolute atomic E-state index is 0.0648. The molecule has 2 aromatic heterocycles. The van der Waals surface area contributed by atoms with Crippen LogP contribution in [-0.2, 0) is 6.42 Å². The zero-order chi connectivity index (χ0) is 12.6. The van der Waals surface area contributed by atoms with E-state index in [1.807, 2.05) is 0 Å². The van der Waals surface area contributed by atoms with Crippen molar-refractivity contribution in [3.8, 4) is 0 Å². The van der Waals surface area contributed by atoms with Crippen LogP contribution in [0.1, 0.15) is 25.4 Å². The van der Waals surface area contributed by atoms with E-state index in [1.54, 1.807) is 13.0 Å². The Morgan fingerprint density at radius 2 is 2.24 bits per heavy atom. The third-order valence-corrected chi connectivity index (χ3v) is 2.92. The number of hydrogen-bond donors (Lipinski definition) is 2. The first-order valence-corrected chi connectivity index (χ1v) is 5.68. The highest BCUT2D eigenvalue weighted by molar-refractivity contribution is 5.38. The molecule has 0 aliphatic heterocycles. The van der Waals surface area contributed by atoms with Crippen molar-refractivity contribution in [2.24, 2.45) is 11.7 Å². The van der Waals surface area contributed by atoms with Gasteiger partial charge in [-0.1, -0.05) is 13.8 Å². The summed E-state index contributed by atoms with van der Waals surface area (Å²) in [7, 11) is 0. The van der Waals surface area contributed by atoms with Gasteiger partial charge >= 0.3 is 5.69 Å². The molecule has 0 saturated carbocycles. The highest BCUT2D eigenvalue weighted by atomic mass is 16.1. The fraction of sp³-hybridized carbons (Fsp3) is 0.545. The van der Waals surface area contributed by atoms with Gasteiger partial charge in [-0.05, 0) is 12.8 Å². The Labute approximate surface area is 98.9 Å². The van der Waals surface area contributed by atoms with E-state index in [-0.39, 0.29) is 11.7 Å². The van der Waals surface area contributed by atoms with Crippen molar-refractivity contribution < 1.29 is 0 Å². The van der Waals surface area contributed by atoms with Crippen LogP contribution >= 0.6 is 0 Å². The summed E-state index contributed by atoms with van der Waals surface area (Å²) in [4.78, 5) is 15.8. The largest absolute Gasteiger partial charge is 0.349 e. The Morgan fingerprint density at radius 3 is 2.88 bits per heavy atom. The van der Waals surface area contributed by atoms with Crippen molar-refractivity contribution in [2.75, 3.05) is 0 Å². The lowest BCUT2D eigenvalue weighted by Crippen LogP contribution is -2.29. The van der Waals surface area contributed by atoms with E-state index < -0.39 is 0 Å². The first-order chi connectivity index (χ1) is 7.99. The summed E-state index contributed by atoms with van der Waals surface area (Å²) < 4.78 is 1.45. The SMILES string of the molecule is Cc1nc(CC(N)C(C)C)cc2n[nH]c(=O)n12. The summed E-state index contributed by atoms with van der Waals surface area (Å²) in [6.45, 7) is 5.94. The molecule has 3 N–H and O–H groups in total. The molecule has 92 valence electrons. The van der Waals surface area contributed by atoms with Gasteiger partial charge in [-0.3, -0.25) is 0 Å². The number of H-pyrrole nitrogens is 1. The number of aryl methyl sites for hydroxylation is 1. The van der Waals surface area contributed by atoms with Gasteiger partial charge in [-0.15, -0.1) is 0 Å². The fourth-order valence-corrected chi connectivity index (χ4v) is 1.74. The Bertz CT molecular complexity index is 583. The van der Waals surface area contributed by atoms with E-state index >= 15 is 0 Å². The average molecular weight is 235 g/mol. The van der Waals surface area contributed by atoms with Gasteiger partial charge in [0, 0.05) is 24.2 Å². The molecule has 2 rings (SSSR count). The minimum Gasteiger partial charge on any atom is -0.327 e. The zero-order valence-electron chi connectivity index (χ0n) is 10.3. The number of hydrogen-bond acceptors (Lipinski definition) is 4. The predicted octanol–water partition coefficient (Wildman–Crippen LogP) is 0.252. The second-order valence-corrected chi connectivity index (χ2v) is 4.63. The summed E-state index contributed by atoms with van der Waals surface area (Å²) in [6, 6.07) is 1.86. The standard InChI is InChI=1S/C11H17N5O/c1-6(2)9(12)4-8-5-10-14-15-11(17)16(10)7(3)13-8/h5-6,9H,4,12H2,1-3H3,(H,15,17). The first kappa shape index (κ1) is 11.8. The van der Waals surface area contributed by atoms with Crippen molar-refractivity contribution in [1.82, 2.24) is 19.6 Å². The van der Waals surface area contributed by atoms with E-state index in [2.05, 4.69) is 29.0 Å². The average Bonchev–Trinajstić information content (AvgIpc) is 2.60. The van der Waals surface area contributed by atoms with Crippen LogP contribution in [0.4, 0.5) is 0 Å². The van der Waals surface area contributed by atoms with Crippen molar-refractivity contribution in [2.45, 2.75) is 33.2 Å². The second kappa shape index (κ2) is 4.29. The molecule has 0 amide bonds. The first-order valence-electron chi connectivity index (χ1n) is 5.68. The molecule has 0 spiro atoms. The van der Waals surface area contributed by atoms with Crippen molar-refractivity contribution in [1.29, 1.82) is 0 Å². The summed E-state index contributed by atoms with van der Waals surface area (Å²) in [6.07, 6.45) is 0.691. The minimum atomic E-state index is -0.260. The highest BCUT2D eigenvalue weighted by Crippen LogP contribution is 2.08. The van der Waals surface area contributed by atoms with E-state index in [0.29, 0.717) is 23.8 Å². The van der Waals surface area contributed by atoms with E-state index in [4.69, 9.17) is 5.73 Å². The van der Waals surface area contributed by atoms with E-state index in [9.17, 15) is 4.79 Å². The summed E-state index contributed by atoms with van der Waals surface area (Å²) >= 11 is 0. The molecule has 0 saturated heterocycles. The number of nitrogens with one attached hydrogen (secondary N) is 1. The molecule has 0 fully saturated rings. The number of rotatable bonds is 3. The lowest BCUT2D eigenvalue weighted by Gasteiger charge is -2.15. The molecular weight excluding hydrogens is 218 g/mol. The number of nitrogens with two attached hydrogens (primary N) is 1. The molecule has 1 atom stereocenters. The van der Waals surface area contributed by atoms with Crippen LogP contribution in [0.3, 0.4) is 0 Å². The molecule has 0 radical (unpaired) electrons. The van der Waals surface area contributed by atoms with Gasteiger partial charge in [-0.25, -0.2) is 19.3 Å². The Kier molecular flexibility index (Phi) is 2.97. The van der Waals surface area contributed by atoms with Crippen LogP contribution < -0.4 is 11.4 Å². The van der Waals surface area contributed by atoms with E-state index in [0.717, 1.165) is 5.69 Å². The molecule has 2 aromatic rings. The zero-order valence-corrected chi connectivity index (χ0v) is 10.3. The lowest BCUT2D eigenvalue weighted by atomic mass is 10.0. The molecule has 0 bridgehead atoms. The van der Waals surface area contributed by atoms with Crippen molar-refractivity contribution in [3.63, 3.8) is 0 Å². The van der Waals surface area contributed by atoms with Crippen LogP contribution in [-0.4, -0.2) is 25.6 Å². The van der Waals surface area contributed by atoms with Crippen LogP contribution in [0.25, 0.3) is 5.65 Å². The van der Waals surface area contributed by atoms with Gasteiger partial charge in [0.25, 0.3) is 0 Å². The fourth-order valence-electron chi connectivity index (χ4n) is 1.74. The maximum atomic E-state index is 11.4. The Hall–Kier alpha value is -1.69. The molecule has 1 unspecified atom stereocenters. The maximum Gasteiger partial charge on any atom is 0.349 e. The van der Waals surface area contributed by atoms with Gasteiger partial charge < -0.3 is 5.73 Å². The molecule has 0 aliphatic carbocycles. The predicted molar refractivity (Wildman–Crippen MR) is 64.9 cm³/mol. The third-order valence-electron chi connectivity index (χ3n) is 2.92. The second-order valence-electron chi connectivity index (χ2n) is 4.63. The van der Waals surface area contributed by atoms with Gasteiger partial charge in [0.05, 0.1) is 0 Å². The van der Waals surface area contributed by atoms with Gasteiger partial charge in [0.2, 0.25) is 0 Å². The van der Waals surface area contributed by atoms with Crippen molar-refractivity contribution >= 4 is 5.65 Å². The normalized spacial score (nSPS) is 13.5. The van der Waals surface area contributed by atoms with Gasteiger partial charge in [-0.2, -0.15) is 5.10 Å². The lowest BCUT2D eigenvalue weighted by molar-refractivity contribution is 0.486. The molecule has 0 aromatic carbocycles. The number of aromatic amines is 1. The summed E-state index contributed by atoms with van der Waals surface area (Å²) in [5, 5.41) is 6.34. The molecule has 6 nitrogen and oxygen atoms in total. The van der Waals surface area contributed by atoms with E-state index in [1.165, 1.54) is 4.40 Å². The molecule has 0 aliphatic rings. The molecule has 2 heterocycles.